The first kappa shape index (κ1) is 21.5. The van der Waals surface area contributed by atoms with Gasteiger partial charge >= 0.3 is 17.9 Å². The number of nitrogens with zero attached hydrogens (tertiary/aromatic N) is 3. The summed E-state index contributed by atoms with van der Waals surface area (Å²) >= 11 is 0. The molecule has 2 aromatic rings. The molecule has 12 heteroatoms. The fraction of sp³-hybridized carbons (Fsp3) is 0.263. The number of carbonyl (C=O) groups is 3. The van der Waals surface area contributed by atoms with Crippen LogP contribution in [-0.2, 0) is 20.9 Å². The Balaban J connectivity index is 1.62. The van der Waals surface area contributed by atoms with E-state index in [0.29, 0.717) is 0 Å². The molecule has 1 aliphatic rings. The van der Waals surface area contributed by atoms with Gasteiger partial charge in [-0.3, -0.25) is 9.69 Å². The van der Waals surface area contributed by atoms with Gasteiger partial charge in [0.2, 0.25) is 11.7 Å². The van der Waals surface area contributed by atoms with E-state index in [4.69, 9.17) is 14.6 Å². The maximum atomic E-state index is 12.3. The number of benzene rings is 1. The van der Waals surface area contributed by atoms with Crippen LogP contribution in [0.4, 0.5) is 16.4 Å². The van der Waals surface area contributed by atoms with Crippen LogP contribution in [0.15, 0.2) is 42.5 Å². The van der Waals surface area contributed by atoms with Gasteiger partial charge in [0.1, 0.15) is 6.61 Å². The van der Waals surface area contributed by atoms with Gasteiger partial charge in [-0.2, -0.15) is 0 Å². The molecule has 1 saturated heterocycles. The van der Waals surface area contributed by atoms with E-state index in [1.165, 1.54) is 17.0 Å². The molecular formula is C19H18N4O8. The molecule has 2 amide bonds. The number of pyridine rings is 1. The summed E-state index contributed by atoms with van der Waals surface area (Å²) < 4.78 is 9.99. The smallest absolute Gasteiger partial charge is 0.408 e. The summed E-state index contributed by atoms with van der Waals surface area (Å²) in [5, 5.41) is 22.5. The largest absolute Gasteiger partial charge is 0.479 e. The number of anilines is 1. The topological polar surface area (TPSA) is 161 Å². The number of ether oxygens (including phenoxy) is 2. The average molecular weight is 430 g/mol. The molecule has 1 fully saturated rings. The van der Waals surface area contributed by atoms with Crippen molar-refractivity contribution in [1.29, 1.82) is 0 Å². The Bertz CT molecular complexity index is 998. The van der Waals surface area contributed by atoms with Gasteiger partial charge in [-0.05, 0) is 21.5 Å². The fourth-order valence-corrected chi connectivity index (χ4v) is 2.92. The Morgan fingerprint density at radius 3 is 2.68 bits per heavy atom. The van der Waals surface area contributed by atoms with Crippen LogP contribution < -0.4 is 15.0 Å². The van der Waals surface area contributed by atoms with E-state index < -0.39 is 41.4 Å². The highest BCUT2D eigenvalue weighted by Gasteiger charge is 2.35. The predicted octanol–water partition coefficient (Wildman–Crippen LogP) is 1.48. The van der Waals surface area contributed by atoms with E-state index in [9.17, 15) is 24.5 Å². The number of rotatable bonds is 8. The zero-order valence-corrected chi connectivity index (χ0v) is 16.1. The van der Waals surface area contributed by atoms with Crippen molar-refractivity contribution in [1.82, 2.24) is 10.3 Å². The molecule has 1 atom stereocenters. The number of amides is 2. The summed E-state index contributed by atoms with van der Waals surface area (Å²) in [5.74, 6) is -2.76. The van der Waals surface area contributed by atoms with Crippen molar-refractivity contribution in [3.8, 4) is 5.75 Å². The van der Waals surface area contributed by atoms with Crippen molar-refractivity contribution in [3.63, 3.8) is 0 Å². The Morgan fingerprint density at radius 1 is 1.26 bits per heavy atom. The number of carboxylic acid groups (broad SMARTS) is 1. The van der Waals surface area contributed by atoms with Gasteiger partial charge in [0.05, 0.1) is 12.6 Å². The molecule has 0 aliphatic carbocycles. The summed E-state index contributed by atoms with van der Waals surface area (Å²) in [5.41, 5.74) is 0.809. The summed E-state index contributed by atoms with van der Waals surface area (Å²) in [6, 6.07) is 11.0. The quantitative estimate of drug-likeness (QED) is 0.467. The minimum Gasteiger partial charge on any atom is -0.479 e. The van der Waals surface area contributed by atoms with Crippen molar-refractivity contribution in [2.75, 3.05) is 18.1 Å². The molecule has 2 heterocycles. The number of carboxylic acids is 1. The average Bonchev–Trinajstić information content (AvgIpc) is 3.11. The molecule has 2 N–H and O–H groups in total. The number of hydrogen-bond acceptors (Lipinski definition) is 8. The molecule has 1 aromatic heterocycles. The van der Waals surface area contributed by atoms with Crippen LogP contribution in [0.5, 0.6) is 5.75 Å². The zero-order chi connectivity index (χ0) is 22.4. The molecule has 31 heavy (non-hydrogen) atoms. The number of nitro groups is 1. The molecule has 12 nitrogen and oxygen atoms in total. The Labute approximate surface area is 175 Å². The van der Waals surface area contributed by atoms with Crippen molar-refractivity contribution in [3.05, 3.63) is 58.1 Å². The molecular weight excluding hydrogens is 412 g/mol. The van der Waals surface area contributed by atoms with E-state index >= 15 is 0 Å². The van der Waals surface area contributed by atoms with Gasteiger partial charge in [-0.15, -0.1) is 0 Å². The molecule has 0 saturated carbocycles. The number of aromatic nitrogens is 1. The molecule has 3 rings (SSSR count). The Hall–Kier alpha value is -4.22. The van der Waals surface area contributed by atoms with Crippen LogP contribution in [-0.4, -0.2) is 52.2 Å². The molecule has 0 spiro atoms. The molecule has 162 valence electrons. The van der Waals surface area contributed by atoms with Gasteiger partial charge < -0.3 is 30.0 Å². The lowest BCUT2D eigenvalue weighted by atomic mass is 10.2. The van der Waals surface area contributed by atoms with Crippen molar-refractivity contribution in [2.45, 2.75) is 19.1 Å². The van der Waals surface area contributed by atoms with Crippen LogP contribution in [0.3, 0.4) is 0 Å². The highest BCUT2D eigenvalue weighted by molar-refractivity contribution is 5.96. The number of aliphatic carboxylic acids is 1. The Kier molecular flexibility index (Phi) is 6.60. The zero-order valence-electron chi connectivity index (χ0n) is 16.1. The minimum absolute atomic E-state index is 0.0127. The van der Waals surface area contributed by atoms with Crippen LogP contribution in [0.25, 0.3) is 0 Å². The normalized spacial score (nSPS) is 15.4. The minimum atomic E-state index is -1.30. The molecule has 0 radical (unpaired) electrons. The summed E-state index contributed by atoms with van der Waals surface area (Å²) in [6.07, 6.45) is -0.729. The number of nitrogens with one attached hydrogen (secondary N) is 1. The molecule has 1 aromatic carbocycles. The third-order valence-electron chi connectivity index (χ3n) is 4.29. The maximum absolute atomic E-state index is 12.3. The predicted molar refractivity (Wildman–Crippen MR) is 105 cm³/mol. The molecule has 1 aliphatic heterocycles. The number of alkyl carbamates (subject to hydrolysis) is 1. The van der Waals surface area contributed by atoms with Crippen LogP contribution in [0.1, 0.15) is 12.0 Å². The third-order valence-corrected chi connectivity index (χ3v) is 4.29. The standard InChI is InChI=1S/C19H18N4O8/c24-16-8-13(20-19(27)31-10-12-4-2-1-3-5-12)9-22(16)15-7-6-14(30-11-17(25)26)18(21-15)23(28)29/h1-7,13H,8-11H2,(H,20,27)(H,25,26)/t13-/m1/s1. The van der Waals surface area contributed by atoms with E-state index in [2.05, 4.69) is 10.3 Å². The number of hydrogen-bond donors (Lipinski definition) is 2. The maximum Gasteiger partial charge on any atom is 0.408 e. The summed E-state index contributed by atoms with van der Waals surface area (Å²) in [6.45, 7) is -0.664. The first-order chi connectivity index (χ1) is 14.8. The van der Waals surface area contributed by atoms with Gasteiger partial charge in [0.25, 0.3) is 5.82 Å². The lowest BCUT2D eigenvalue weighted by Crippen LogP contribution is -2.37. The fourth-order valence-electron chi connectivity index (χ4n) is 2.92. The third kappa shape index (κ3) is 5.65. The molecule has 0 unspecified atom stereocenters. The van der Waals surface area contributed by atoms with Crippen molar-refractivity contribution in [2.24, 2.45) is 0 Å². The van der Waals surface area contributed by atoms with Crippen LogP contribution in [0, 0.1) is 10.1 Å². The summed E-state index contributed by atoms with van der Waals surface area (Å²) in [4.78, 5) is 50.4. The van der Waals surface area contributed by atoms with E-state index in [1.54, 1.807) is 12.1 Å². The SMILES string of the molecule is O=C(O)COc1ccc(N2C[C@H](NC(=O)OCc3ccccc3)CC2=O)nc1[N+](=O)[O-]. The highest BCUT2D eigenvalue weighted by Crippen LogP contribution is 2.29. The van der Waals surface area contributed by atoms with Gasteiger partial charge in [-0.25, -0.2) is 9.59 Å². The van der Waals surface area contributed by atoms with E-state index in [-0.39, 0.29) is 31.1 Å². The van der Waals surface area contributed by atoms with Crippen LogP contribution in [0.2, 0.25) is 0 Å². The first-order valence-corrected chi connectivity index (χ1v) is 9.11. The number of carbonyl (C=O) groups excluding carboxylic acids is 2. The van der Waals surface area contributed by atoms with E-state index in [1.807, 2.05) is 18.2 Å². The molecule has 0 bridgehead atoms. The second-order valence-electron chi connectivity index (χ2n) is 6.54. The van der Waals surface area contributed by atoms with Crippen molar-refractivity contribution >= 4 is 29.6 Å². The van der Waals surface area contributed by atoms with Crippen molar-refractivity contribution < 1.29 is 33.9 Å². The van der Waals surface area contributed by atoms with Crippen LogP contribution >= 0.6 is 0 Å². The van der Waals surface area contributed by atoms with E-state index in [0.717, 1.165) is 5.56 Å². The van der Waals surface area contributed by atoms with Gasteiger partial charge in [0.15, 0.2) is 6.61 Å². The second-order valence-corrected chi connectivity index (χ2v) is 6.54. The lowest BCUT2D eigenvalue weighted by molar-refractivity contribution is -0.390. The lowest BCUT2D eigenvalue weighted by Gasteiger charge is -2.14. The first-order valence-electron chi connectivity index (χ1n) is 9.11. The van der Waals surface area contributed by atoms with Gasteiger partial charge in [-0.1, -0.05) is 30.3 Å². The Morgan fingerprint density at radius 2 is 2.00 bits per heavy atom. The van der Waals surface area contributed by atoms with Gasteiger partial charge in [0, 0.05) is 12.5 Å². The second kappa shape index (κ2) is 9.52. The monoisotopic (exact) mass is 430 g/mol. The summed E-state index contributed by atoms with van der Waals surface area (Å²) in [7, 11) is 0. The highest BCUT2D eigenvalue weighted by atomic mass is 16.6.